The van der Waals surface area contributed by atoms with Gasteiger partial charge in [-0.3, -0.25) is 9.67 Å². The van der Waals surface area contributed by atoms with Gasteiger partial charge in [0.1, 0.15) is 0 Å². The third kappa shape index (κ3) is 3.71. The lowest BCUT2D eigenvalue weighted by molar-refractivity contribution is 0.526. The molecule has 0 radical (unpaired) electrons. The van der Waals surface area contributed by atoms with E-state index >= 15 is 0 Å². The minimum absolute atomic E-state index is 0.250. The minimum atomic E-state index is 0.250. The summed E-state index contributed by atoms with van der Waals surface area (Å²) in [6.07, 6.45) is 3.79. The molecule has 114 valence electrons. The van der Waals surface area contributed by atoms with Gasteiger partial charge in [0.25, 0.3) is 0 Å². The molecule has 0 aliphatic rings. The van der Waals surface area contributed by atoms with E-state index in [-0.39, 0.29) is 6.04 Å². The van der Waals surface area contributed by atoms with Crippen LogP contribution in [0.5, 0.6) is 0 Å². The maximum absolute atomic E-state index is 4.58. The number of hydrogen-bond donors (Lipinski definition) is 1. The summed E-state index contributed by atoms with van der Waals surface area (Å²) in [5.74, 6) is 0. The number of halogens is 1. The molecule has 1 atom stereocenters. The zero-order valence-corrected chi connectivity index (χ0v) is 14.7. The summed E-state index contributed by atoms with van der Waals surface area (Å²) in [6.45, 7) is 7.19. The van der Waals surface area contributed by atoms with Gasteiger partial charge in [-0.25, -0.2) is 0 Å². The highest BCUT2D eigenvalue weighted by molar-refractivity contribution is 9.10. The second-order valence-corrected chi connectivity index (χ2v) is 6.02. The quantitative estimate of drug-likeness (QED) is 0.868. The van der Waals surface area contributed by atoms with Crippen LogP contribution in [-0.4, -0.2) is 21.3 Å². The van der Waals surface area contributed by atoms with Crippen LogP contribution in [0.1, 0.15) is 42.5 Å². The van der Waals surface area contributed by atoms with Crippen LogP contribution < -0.4 is 5.32 Å². The standard InChI is InChI=1S/C16H23BrN4/c1-5-13-16(17)15(21(4)20-13)9-14(18-6-2)12-8-7-11(3)19-10-12/h7-8,10,14,18H,5-6,9H2,1-4H3. The van der Waals surface area contributed by atoms with Crippen LogP contribution in [0.15, 0.2) is 22.8 Å². The first-order chi connectivity index (χ1) is 10.1. The van der Waals surface area contributed by atoms with Crippen molar-refractivity contribution in [3.05, 3.63) is 45.4 Å². The summed E-state index contributed by atoms with van der Waals surface area (Å²) < 4.78 is 3.12. The van der Waals surface area contributed by atoms with Crippen LogP contribution in [0.25, 0.3) is 0 Å². The summed E-state index contributed by atoms with van der Waals surface area (Å²) in [5.41, 5.74) is 4.60. The fraction of sp³-hybridized carbons (Fsp3) is 0.500. The van der Waals surface area contributed by atoms with Gasteiger partial charge in [-0.2, -0.15) is 5.10 Å². The Morgan fingerprint density at radius 3 is 2.62 bits per heavy atom. The molecular weight excluding hydrogens is 328 g/mol. The normalized spacial score (nSPS) is 12.6. The number of pyridine rings is 1. The third-order valence-electron chi connectivity index (χ3n) is 3.69. The van der Waals surface area contributed by atoms with E-state index in [2.05, 4.69) is 57.3 Å². The van der Waals surface area contributed by atoms with Crippen LogP contribution in [0, 0.1) is 6.92 Å². The van der Waals surface area contributed by atoms with Gasteiger partial charge in [0.15, 0.2) is 0 Å². The minimum Gasteiger partial charge on any atom is -0.310 e. The van der Waals surface area contributed by atoms with Crippen molar-refractivity contribution in [3.8, 4) is 0 Å². The Morgan fingerprint density at radius 2 is 2.10 bits per heavy atom. The molecule has 0 aromatic carbocycles. The van der Waals surface area contributed by atoms with Crippen LogP contribution in [0.4, 0.5) is 0 Å². The fourth-order valence-electron chi connectivity index (χ4n) is 2.47. The van der Waals surface area contributed by atoms with Crippen molar-refractivity contribution in [2.24, 2.45) is 7.05 Å². The molecule has 1 N–H and O–H groups in total. The molecule has 0 fully saturated rings. The molecular formula is C16H23BrN4. The number of nitrogens with one attached hydrogen (secondary N) is 1. The van der Waals surface area contributed by atoms with Gasteiger partial charge in [-0.05, 0) is 47.4 Å². The van der Waals surface area contributed by atoms with Crippen LogP contribution >= 0.6 is 15.9 Å². The molecule has 21 heavy (non-hydrogen) atoms. The van der Waals surface area contributed by atoms with Gasteiger partial charge in [0.05, 0.1) is 15.9 Å². The number of rotatable bonds is 6. The third-order valence-corrected chi connectivity index (χ3v) is 4.60. The topological polar surface area (TPSA) is 42.7 Å². The maximum Gasteiger partial charge on any atom is 0.0766 e. The Kier molecular flexibility index (Phi) is 5.53. The lowest BCUT2D eigenvalue weighted by Gasteiger charge is -2.18. The first-order valence-electron chi connectivity index (χ1n) is 7.43. The first-order valence-corrected chi connectivity index (χ1v) is 8.22. The molecule has 4 nitrogen and oxygen atoms in total. The monoisotopic (exact) mass is 350 g/mol. The van der Waals surface area contributed by atoms with E-state index in [1.807, 2.05) is 24.9 Å². The highest BCUT2D eigenvalue weighted by Crippen LogP contribution is 2.26. The van der Waals surface area contributed by atoms with E-state index in [9.17, 15) is 0 Å². The van der Waals surface area contributed by atoms with Crippen molar-refractivity contribution in [1.29, 1.82) is 0 Å². The van der Waals surface area contributed by atoms with Crippen molar-refractivity contribution in [3.63, 3.8) is 0 Å². The van der Waals surface area contributed by atoms with Crippen LogP contribution in [0.2, 0.25) is 0 Å². The molecule has 1 unspecified atom stereocenters. The van der Waals surface area contributed by atoms with Gasteiger partial charge in [0.2, 0.25) is 0 Å². The zero-order chi connectivity index (χ0) is 15.4. The molecule has 0 saturated carbocycles. The van der Waals surface area contributed by atoms with E-state index in [4.69, 9.17) is 0 Å². The fourth-order valence-corrected chi connectivity index (χ4v) is 3.25. The summed E-state index contributed by atoms with van der Waals surface area (Å²) in [4.78, 5) is 4.42. The van der Waals surface area contributed by atoms with Crippen molar-refractivity contribution in [2.45, 2.75) is 39.7 Å². The summed E-state index contributed by atoms with van der Waals surface area (Å²) in [6, 6.07) is 4.47. The second kappa shape index (κ2) is 7.18. The molecule has 2 aromatic rings. The van der Waals surface area contributed by atoms with Crippen molar-refractivity contribution in [1.82, 2.24) is 20.1 Å². The Hall–Kier alpha value is -1.20. The number of nitrogens with zero attached hydrogens (tertiary/aromatic N) is 3. The predicted octanol–water partition coefficient (Wildman–Crippen LogP) is 3.34. The van der Waals surface area contributed by atoms with Crippen molar-refractivity contribution in [2.75, 3.05) is 6.54 Å². The Labute approximate surface area is 135 Å². The average Bonchev–Trinajstić information content (AvgIpc) is 2.75. The molecule has 0 aliphatic carbocycles. The second-order valence-electron chi connectivity index (χ2n) is 5.23. The molecule has 2 rings (SSSR count). The highest BCUT2D eigenvalue weighted by atomic mass is 79.9. The molecule has 2 heterocycles. The Bertz CT molecular complexity index is 589. The van der Waals surface area contributed by atoms with Crippen molar-refractivity contribution >= 4 is 15.9 Å². The summed E-state index contributed by atoms with van der Waals surface area (Å²) >= 11 is 3.70. The zero-order valence-electron chi connectivity index (χ0n) is 13.2. The smallest absolute Gasteiger partial charge is 0.0766 e. The Balaban J connectivity index is 2.28. The molecule has 0 bridgehead atoms. The van der Waals surface area contributed by atoms with Gasteiger partial charge in [-0.1, -0.05) is 19.9 Å². The van der Waals surface area contributed by atoms with Gasteiger partial charge < -0.3 is 5.32 Å². The van der Waals surface area contributed by atoms with E-state index < -0.39 is 0 Å². The number of hydrogen-bond acceptors (Lipinski definition) is 3. The first kappa shape index (κ1) is 16.2. The van der Waals surface area contributed by atoms with E-state index in [1.165, 1.54) is 11.3 Å². The molecule has 0 aliphatic heterocycles. The van der Waals surface area contributed by atoms with Crippen LogP contribution in [0.3, 0.4) is 0 Å². The highest BCUT2D eigenvalue weighted by Gasteiger charge is 2.18. The molecule has 0 spiro atoms. The molecule has 0 amide bonds. The maximum atomic E-state index is 4.58. The van der Waals surface area contributed by atoms with E-state index in [1.54, 1.807) is 0 Å². The number of aromatic nitrogens is 3. The lowest BCUT2D eigenvalue weighted by atomic mass is 10.0. The molecule has 2 aromatic heterocycles. The summed E-state index contributed by atoms with van der Waals surface area (Å²) in [7, 11) is 2.01. The Morgan fingerprint density at radius 1 is 1.33 bits per heavy atom. The van der Waals surface area contributed by atoms with Crippen LogP contribution in [-0.2, 0) is 19.9 Å². The SMILES string of the molecule is CCNC(Cc1c(Br)c(CC)nn1C)c1ccc(C)nc1. The number of likely N-dealkylation sites (N-methyl/N-ethyl adjacent to an activating group) is 1. The summed E-state index contributed by atoms with van der Waals surface area (Å²) in [5, 5.41) is 8.12. The van der Waals surface area contributed by atoms with Gasteiger partial charge in [-0.15, -0.1) is 0 Å². The van der Waals surface area contributed by atoms with Crippen molar-refractivity contribution < 1.29 is 0 Å². The van der Waals surface area contributed by atoms with E-state index in [0.29, 0.717) is 0 Å². The molecule has 5 heteroatoms. The largest absolute Gasteiger partial charge is 0.310 e. The van der Waals surface area contributed by atoms with Gasteiger partial charge >= 0.3 is 0 Å². The van der Waals surface area contributed by atoms with E-state index in [0.717, 1.165) is 35.2 Å². The number of aryl methyl sites for hydroxylation is 3. The van der Waals surface area contributed by atoms with Gasteiger partial charge in [0, 0.05) is 31.4 Å². The average molecular weight is 351 g/mol. The predicted molar refractivity (Wildman–Crippen MR) is 89.4 cm³/mol. The molecule has 0 saturated heterocycles. The lowest BCUT2D eigenvalue weighted by Crippen LogP contribution is -2.24.